The van der Waals surface area contributed by atoms with E-state index >= 15 is 0 Å². The van der Waals surface area contributed by atoms with E-state index in [4.69, 9.17) is 4.74 Å². The molecule has 1 N–H and O–H groups in total. The Morgan fingerprint density at radius 3 is 2.48 bits per heavy atom. The highest BCUT2D eigenvalue weighted by Gasteiger charge is 2.25. The van der Waals surface area contributed by atoms with Gasteiger partial charge in [0.05, 0.1) is 0 Å². The summed E-state index contributed by atoms with van der Waals surface area (Å²) >= 11 is 0. The summed E-state index contributed by atoms with van der Waals surface area (Å²) in [4.78, 5) is 25.6. The first kappa shape index (κ1) is 17.8. The molecule has 1 saturated heterocycles. The lowest BCUT2D eigenvalue weighted by Crippen LogP contribution is -2.37. The summed E-state index contributed by atoms with van der Waals surface area (Å²) < 4.78 is 5.14. The van der Waals surface area contributed by atoms with Crippen LogP contribution in [0.3, 0.4) is 0 Å². The number of likely N-dealkylation sites (tertiary alicyclic amines) is 1. The zero-order valence-corrected chi connectivity index (χ0v) is 14.1. The van der Waals surface area contributed by atoms with Gasteiger partial charge >= 0.3 is 6.09 Å². The number of carbonyl (C=O) groups excluding carboxylic acids is 2. The Hall–Kier alpha value is -1.26. The van der Waals surface area contributed by atoms with Crippen LogP contribution in [-0.4, -0.2) is 42.1 Å². The molecule has 0 spiro atoms. The number of carbonyl (C=O) groups is 2. The maximum Gasteiger partial charge on any atom is 0.407 e. The Labute approximate surface area is 128 Å². The van der Waals surface area contributed by atoms with Gasteiger partial charge in [-0.1, -0.05) is 13.8 Å². The van der Waals surface area contributed by atoms with E-state index in [1.165, 1.54) is 0 Å². The summed E-state index contributed by atoms with van der Waals surface area (Å²) in [7, 11) is 0. The predicted octanol–water partition coefficient (Wildman–Crippen LogP) is 2.94. The molecule has 21 heavy (non-hydrogen) atoms. The maximum atomic E-state index is 12.2. The van der Waals surface area contributed by atoms with Crippen molar-refractivity contribution in [2.24, 2.45) is 5.41 Å². The molecule has 0 aliphatic carbocycles. The van der Waals surface area contributed by atoms with Crippen LogP contribution in [0.5, 0.6) is 0 Å². The van der Waals surface area contributed by atoms with Crippen LogP contribution in [-0.2, 0) is 9.53 Å². The molecule has 2 amide bonds. The number of ether oxygens (including phenoxy) is 1. The second kappa shape index (κ2) is 7.14. The van der Waals surface area contributed by atoms with Crippen molar-refractivity contribution in [3.05, 3.63) is 0 Å². The first-order valence-corrected chi connectivity index (χ1v) is 7.84. The molecule has 0 aromatic rings. The minimum atomic E-state index is -0.509. The fourth-order valence-electron chi connectivity index (χ4n) is 2.42. The lowest BCUT2D eigenvalue weighted by molar-refractivity contribution is -0.131. The standard InChI is InChI=1S/C16H30N2O3/c1-15(2,3)21-14(20)17-10-7-13(19)18-11-6-8-16(4,5)9-12-18/h6-12H2,1-5H3,(H,17,20). The Morgan fingerprint density at radius 1 is 1.19 bits per heavy atom. The predicted molar refractivity (Wildman–Crippen MR) is 83.1 cm³/mol. The lowest BCUT2D eigenvalue weighted by atomic mass is 9.85. The molecule has 1 rings (SSSR count). The number of nitrogens with zero attached hydrogens (tertiary/aromatic N) is 1. The first-order chi connectivity index (χ1) is 9.59. The van der Waals surface area contributed by atoms with Crippen molar-refractivity contribution < 1.29 is 14.3 Å². The molecular formula is C16H30N2O3. The highest BCUT2D eigenvalue weighted by atomic mass is 16.6. The number of hydrogen-bond acceptors (Lipinski definition) is 3. The van der Waals surface area contributed by atoms with Crippen LogP contribution in [0.4, 0.5) is 4.79 Å². The minimum absolute atomic E-state index is 0.115. The third kappa shape index (κ3) is 7.34. The summed E-state index contributed by atoms with van der Waals surface area (Å²) in [5.74, 6) is 0.115. The van der Waals surface area contributed by atoms with Gasteiger partial charge in [0.2, 0.25) is 5.91 Å². The van der Waals surface area contributed by atoms with Gasteiger partial charge in [-0.15, -0.1) is 0 Å². The van der Waals surface area contributed by atoms with Gasteiger partial charge in [0.25, 0.3) is 0 Å². The molecular weight excluding hydrogens is 268 g/mol. The van der Waals surface area contributed by atoms with Crippen LogP contribution in [0, 0.1) is 5.41 Å². The number of hydrogen-bond donors (Lipinski definition) is 1. The molecule has 0 bridgehead atoms. The zero-order valence-electron chi connectivity index (χ0n) is 14.1. The fraction of sp³-hybridized carbons (Fsp3) is 0.875. The number of nitrogens with one attached hydrogen (secondary N) is 1. The van der Waals surface area contributed by atoms with Crippen LogP contribution in [0.2, 0.25) is 0 Å². The second-order valence-electron chi connectivity index (χ2n) is 7.58. The van der Waals surface area contributed by atoms with Crippen LogP contribution in [0.25, 0.3) is 0 Å². The van der Waals surface area contributed by atoms with Crippen molar-refractivity contribution >= 4 is 12.0 Å². The smallest absolute Gasteiger partial charge is 0.407 e. The van der Waals surface area contributed by atoms with Crippen molar-refractivity contribution in [2.75, 3.05) is 19.6 Å². The summed E-state index contributed by atoms with van der Waals surface area (Å²) in [6, 6.07) is 0. The van der Waals surface area contributed by atoms with Crippen LogP contribution >= 0.6 is 0 Å². The minimum Gasteiger partial charge on any atom is -0.444 e. The van der Waals surface area contributed by atoms with E-state index in [2.05, 4.69) is 19.2 Å². The normalized spacial score (nSPS) is 18.8. The van der Waals surface area contributed by atoms with E-state index in [1.807, 2.05) is 25.7 Å². The van der Waals surface area contributed by atoms with Crippen LogP contribution in [0.15, 0.2) is 0 Å². The first-order valence-electron chi connectivity index (χ1n) is 7.84. The SMILES string of the molecule is CC1(C)CCCN(C(=O)CCNC(=O)OC(C)(C)C)CC1. The monoisotopic (exact) mass is 298 g/mol. The quantitative estimate of drug-likeness (QED) is 0.871. The Balaban J connectivity index is 2.29. The van der Waals surface area contributed by atoms with Crippen LogP contribution < -0.4 is 5.32 Å². The van der Waals surface area contributed by atoms with Crippen molar-refractivity contribution in [3.63, 3.8) is 0 Å². The Kier molecular flexibility index (Phi) is 6.05. The lowest BCUT2D eigenvalue weighted by Gasteiger charge is -2.23. The highest BCUT2D eigenvalue weighted by molar-refractivity contribution is 5.77. The summed E-state index contributed by atoms with van der Waals surface area (Å²) in [6.45, 7) is 11.9. The van der Waals surface area contributed by atoms with Gasteiger partial charge in [-0.3, -0.25) is 4.79 Å². The molecule has 0 radical (unpaired) electrons. The van der Waals surface area contributed by atoms with E-state index in [-0.39, 0.29) is 5.91 Å². The van der Waals surface area contributed by atoms with E-state index in [9.17, 15) is 9.59 Å². The van der Waals surface area contributed by atoms with Crippen molar-refractivity contribution in [1.29, 1.82) is 0 Å². The van der Waals surface area contributed by atoms with Crippen molar-refractivity contribution in [2.45, 2.75) is 65.9 Å². The van der Waals surface area contributed by atoms with Gasteiger partial charge in [-0.2, -0.15) is 0 Å². The highest BCUT2D eigenvalue weighted by Crippen LogP contribution is 2.29. The Morgan fingerprint density at radius 2 is 1.86 bits per heavy atom. The van der Waals surface area contributed by atoms with Gasteiger partial charge in [-0.05, 0) is 45.4 Å². The molecule has 5 heteroatoms. The van der Waals surface area contributed by atoms with Gasteiger partial charge in [0.15, 0.2) is 0 Å². The fourth-order valence-corrected chi connectivity index (χ4v) is 2.42. The summed E-state index contributed by atoms with van der Waals surface area (Å²) in [5.41, 5.74) is -0.186. The zero-order chi connectivity index (χ0) is 16.1. The van der Waals surface area contributed by atoms with E-state index in [0.29, 0.717) is 18.4 Å². The number of alkyl carbamates (subject to hydrolysis) is 1. The van der Waals surface area contributed by atoms with Crippen molar-refractivity contribution in [1.82, 2.24) is 10.2 Å². The van der Waals surface area contributed by atoms with Crippen molar-refractivity contribution in [3.8, 4) is 0 Å². The molecule has 5 nitrogen and oxygen atoms in total. The van der Waals surface area contributed by atoms with E-state index < -0.39 is 11.7 Å². The maximum absolute atomic E-state index is 12.2. The third-order valence-electron chi connectivity index (χ3n) is 3.70. The molecule has 0 unspecified atom stereocenters. The molecule has 0 saturated carbocycles. The molecule has 1 aliphatic rings. The third-order valence-corrected chi connectivity index (χ3v) is 3.70. The average molecular weight is 298 g/mol. The largest absolute Gasteiger partial charge is 0.444 e. The average Bonchev–Trinajstić information content (AvgIpc) is 2.47. The number of amides is 2. The molecule has 0 aromatic heterocycles. The van der Waals surface area contributed by atoms with Gasteiger partial charge in [-0.25, -0.2) is 4.79 Å². The van der Waals surface area contributed by atoms with Crippen LogP contribution in [0.1, 0.15) is 60.3 Å². The molecule has 1 heterocycles. The topological polar surface area (TPSA) is 58.6 Å². The van der Waals surface area contributed by atoms with Gasteiger partial charge in [0, 0.05) is 26.1 Å². The molecule has 1 fully saturated rings. The molecule has 122 valence electrons. The summed E-state index contributed by atoms with van der Waals surface area (Å²) in [6.07, 6.45) is 3.12. The molecule has 1 aliphatic heterocycles. The second-order valence-corrected chi connectivity index (χ2v) is 7.58. The van der Waals surface area contributed by atoms with Gasteiger partial charge < -0.3 is 15.0 Å². The van der Waals surface area contributed by atoms with Gasteiger partial charge in [0.1, 0.15) is 5.60 Å². The molecule has 0 aromatic carbocycles. The van der Waals surface area contributed by atoms with E-state index in [1.54, 1.807) is 0 Å². The Bertz CT molecular complexity index is 372. The molecule has 0 atom stereocenters. The summed E-state index contributed by atoms with van der Waals surface area (Å²) in [5, 5.41) is 2.63. The number of rotatable bonds is 3. The van der Waals surface area contributed by atoms with E-state index in [0.717, 1.165) is 32.4 Å².